The summed E-state index contributed by atoms with van der Waals surface area (Å²) in [6.45, 7) is 6.30. The number of aromatic nitrogens is 2. The van der Waals surface area contributed by atoms with E-state index in [0.717, 1.165) is 5.56 Å². The van der Waals surface area contributed by atoms with Gasteiger partial charge in [-0.15, -0.1) is 0 Å². The molecular formula is C28H28FN3O2. The zero-order valence-corrected chi connectivity index (χ0v) is 19.7. The average molecular weight is 458 g/mol. The molecule has 34 heavy (non-hydrogen) atoms. The lowest BCUT2D eigenvalue weighted by Gasteiger charge is -2.32. The minimum atomic E-state index is -0.564. The molecule has 4 aromatic rings. The highest BCUT2D eigenvalue weighted by atomic mass is 19.1. The summed E-state index contributed by atoms with van der Waals surface area (Å²) in [4.78, 5) is 33.8. The average Bonchev–Trinajstić information content (AvgIpc) is 2.85. The highest BCUT2D eigenvalue weighted by Crippen LogP contribution is 2.28. The Hall–Kier alpha value is -3.80. The van der Waals surface area contributed by atoms with Crippen LogP contribution in [0, 0.1) is 12.7 Å². The molecule has 1 atom stereocenters. The summed E-state index contributed by atoms with van der Waals surface area (Å²) in [6, 6.07) is 20.3. The number of hydrogen-bond donors (Lipinski definition) is 0. The standard InChI is InChI=1S/C28H28FN3O2/c1-4-18-31(27(33)21-10-6-8-12-23(21)29)25(5-2)26-30-24-13-9-7-11-22(24)28(34)32(26)20-16-14-19(3)15-17-20/h6-17,25H,4-5,18H2,1-3H3. The SMILES string of the molecule is CCCN(C(=O)c1ccccc1F)C(CC)c1nc2ccccc2c(=O)n1-c1ccc(C)cc1. The Bertz CT molecular complexity index is 1380. The Balaban J connectivity index is 1.95. The molecule has 0 saturated heterocycles. The lowest BCUT2D eigenvalue weighted by atomic mass is 10.1. The van der Waals surface area contributed by atoms with Gasteiger partial charge in [0.15, 0.2) is 0 Å². The molecule has 6 heteroatoms. The summed E-state index contributed by atoms with van der Waals surface area (Å²) in [7, 11) is 0. The molecule has 5 nitrogen and oxygen atoms in total. The van der Waals surface area contributed by atoms with Crippen LogP contribution in [0.5, 0.6) is 0 Å². The molecule has 1 unspecified atom stereocenters. The van der Waals surface area contributed by atoms with Crippen molar-refractivity contribution in [3.8, 4) is 5.69 Å². The first-order valence-corrected chi connectivity index (χ1v) is 11.6. The van der Waals surface area contributed by atoms with Crippen molar-refractivity contribution in [2.24, 2.45) is 0 Å². The summed E-state index contributed by atoms with van der Waals surface area (Å²) >= 11 is 0. The molecule has 174 valence electrons. The van der Waals surface area contributed by atoms with Crippen molar-refractivity contribution in [3.05, 3.63) is 106 Å². The van der Waals surface area contributed by atoms with Gasteiger partial charge in [-0.3, -0.25) is 14.2 Å². The van der Waals surface area contributed by atoms with Crippen LogP contribution in [-0.2, 0) is 0 Å². The number of para-hydroxylation sites is 1. The van der Waals surface area contributed by atoms with E-state index in [-0.39, 0.29) is 11.1 Å². The normalized spacial score (nSPS) is 12.0. The number of benzene rings is 3. The number of aryl methyl sites for hydroxylation is 1. The fraction of sp³-hybridized carbons (Fsp3) is 0.250. The highest BCUT2D eigenvalue weighted by Gasteiger charge is 2.30. The quantitative estimate of drug-likeness (QED) is 0.350. The summed E-state index contributed by atoms with van der Waals surface area (Å²) < 4.78 is 16.1. The first-order valence-electron chi connectivity index (χ1n) is 11.6. The van der Waals surface area contributed by atoms with E-state index in [0.29, 0.717) is 41.8 Å². The number of halogens is 1. The van der Waals surface area contributed by atoms with E-state index in [1.165, 1.54) is 12.1 Å². The van der Waals surface area contributed by atoms with E-state index in [9.17, 15) is 14.0 Å². The van der Waals surface area contributed by atoms with E-state index in [1.54, 1.807) is 33.7 Å². The number of nitrogens with zero attached hydrogens (tertiary/aromatic N) is 3. The van der Waals surface area contributed by atoms with Gasteiger partial charge in [-0.25, -0.2) is 9.37 Å². The van der Waals surface area contributed by atoms with Gasteiger partial charge in [-0.05, 0) is 56.2 Å². The molecule has 0 radical (unpaired) electrons. The van der Waals surface area contributed by atoms with Crippen molar-refractivity contribution in [3.63, 3.8) is 0 Å². The monoisotopic (exact) mass is 457 g/mol. The molecule has 1 heterocycles. The molecule has 1 aromatic heterocycles. The molecule has 0 N–H and O–H groups in total. The molecule has 0 spiro atoms. The van der Waals surface area contributed by atoms with E-state index < -0.39 is 17.8 Å². The van der Waals surface area contributed by atoms with Gasteiger partial charge < -0.3 is 4.90 Å². The maximum Gasteiger partial charge on any atom is 0.266 e. The van der Waals surface area contributed by atoms with Crippen LogP contribution in [0.4, 0.5) is 4.39 Å². The number of carbonyl (C=O) groups is 1. The highest BCUT2D eigenvalue weighted by molar-refractivity contribution is 5.94. The molecular weight excluding hydrogens is 429 g/mol. The predicted molar refractivity (Wildman–Crippen MR) is 133 cm³/mol. The minimum Gasteiger partial charge on any atom is -0.328 e. The third kappa shape index (κ3) is 4.36. The number of amides is 1. The molecule has 0 aliphatic rings. The zero-order chi connectivity index (χ0) is 24.2. The molecule has 4 rings (SSSR count). The molecule has 0 aliphatic heterocycles. The topological polar surface area (TPSA) is 55.2 Å². The molecule has 0 bridgehead atoms. The molecule has 0 aliphatic carbocycles. The summed E-state index contributed by atoms with van der Waals surface area (Å²) in [5, 5.41) is 0.504. The molecule has 1 amide bonds. The third-order valence-electron chi connectivity index (χ3n) is 5.98. The van der Waals surface area contributed by atoms with Gasteiger partial charge in [0.05, 0.1) is 28.2 Å². The summed E-state index contributed by atoms with van der Waals surface area (Å²) in [5.41, 5.74) is 2.13. The second-order valence-electron chi connectivity index (χ2n) is 8.37. The van der Waals surface area contributed by atoms with Crippen molar-refractivity contribution in [1.82, 2.24) is 14.5 Å². The predicted octanol–water partition coefficient (Wildman–Crippen LogP) is 5.84. The fourth-order valence-electron chi connectivity index (χ4n) is 4.29. The number of rotatable bonds is 7. The lowest BCUT2D eigenvalue weighted by molar-refractivity contribution is 0.0654. The van der Waals surface area contributed by atoms with Gasteiger partial charge in [-0.1, -0.05) is 55.8 Å². The van der Waals surface area contributed by atoms with Crippen molar-refractivity contribution in [1.29, 1.82) is 0 Å². The zero-order valence-electron chi connectivity index (χ0n) is 19.7. The van der Waals surface area contributed by atoms with Crippen LogP contribution in [0.2, 0.25) is 0 Å². The van der Waals surface area contributed by atoms with Gasteiger partial charge >= 0.3 is 0 Å². The Morgan fingerprint density at radius 3 is 2.35 bits per heavy atom. The first kappa shape index (κ1) is 23.4. The third-order valence-corrected chi connectivity index (χ3v) is 5.98. The van der Waals surface area contributed by atoms with Crippen LogP contribution in [0.25, 0.3) is 16.6 Å². The Morgan fingerprint density at radius 1 is 1.00 bits per heavy atom. The Morgan fingerprint density at radius 2 is 1.68 bits per heavy atom. The summed E-state index contributed by atoms with van der Waals surface area (Å²) in [5.74, 6) is -0.510. The van der Waals surface area contributed by atoms with Gasteiger partial charge in [0, 0.05) is 6.54 Å². The van der Waals surface area contributed by atoms with Gasteiger partial charge in [0.25, 0.3) is 11.5 Å². The van der Waals surface area contributed by atoms with E-state index in [2.05, 4.69) is 0 Å². The van der Waals surface area contributed by atoms with E-state index in [4.69, 9.17) is 4.98 Å². The Kier molecular flexibility index (Phi) is 6.87. The maximum absolute atomic E-state index is 14.5. The molecule has 0 fully saturated rings. The van der Waals surface area contributed by atoms with Crippen LogP contribution in [-0.4, -0.2) is 26.9 Å². The van der Waals surface area contributed by atoms with Crippen molar-refractivity contribution in [2.75, 3.05) is 6.54 Å². The minimum absolute atomic E-state index is 0.0134. The molecule has 3 aromatic carbocycles. The number of fused-ring (bicyclic) bond motifs is 1. The number of hydrogen-bond acceptors (Lipinski definition) is 3. The Labute approximate surface area is 198 Å². The lowest BCUT2D eigenvalue weighted by Crippen LogP contribution is -2.39. The van der Waals surface area contributed by atoms with Crippen LogP contribution < -0.4 is 5.56 Å². The van der Waals surface area contributed by atoms with E-state index >= 15 is 0 Å². The van der Waals surface area contributed by atoms with Crippen molar-refractivity contribution in [2.45, 2.75) is 39.7 Å². The van der Waals surface area contributed by atoms with Gasteiger partial charge in [0.1, 0.15) is 11.6 Å². The van der Waals surface area contributed by atoms with Crippen LogP contribution in [0.1, 0.15) is 54.5 Å². The van der Waals surface area contributed by atoms with Gasteiger partial charge in [0.2, 0.25) is 0 Å². The van der Waals surface area contributed by atoms with Gasteiger partial charge in [-0.2, -0.15) is 0 Å². The van der Waals surface area contributed by atoms with Crippen molar-refractivity contribution >= 4 is 16.8 Å². The first-order chi connectivity index (χ1) is 16.5. The van der Waals surface area contributed by atoms with E-state index in [1.807, 2.05) is 57.2 Å². The smallest absolute Gasteiger partial charge is 0.266 e. The maximum atomic E-state index is 14.5. The van der Waals surface area contributed by atoms with Crippen LogP contribution >= 0.6 is 0 Å². The number of carbonyl (C=O) groups excluding carboxylic acids is 1. The summed E-state index contributed by atoms with van der Waals surface area (Å²) in [6.07, 6.45) is 1.19. The second-order valence-corrected chi connectivity index (χ2v) is 8.37. The van der Waals surface area contributed by atoms with Crippen LogP contribution in [0.15, 0.2) is 77.6 Å². The largest absolute Gasteiger partial charge is 0.328 e. The molecule has 0 saturated carbocycles. The second kappa shape index (κ2) is 10.00. The van der Waals surface area contributed by atoms with Crippen LogP contribution in [0.3, 0.4) is 0 Å². The van der Waals surface area contributed by atoms with Crippen molar-refractivity contribution < 1.29 is 9.18 Å². The fourth-order valence-corrected chi connectivity index (χ4v) is 4.29.